The number of benzene rings is 1. The molecule has 1 aliphatic rings. The van der Waals surface area contributed by atoms with Crippen LogP contribution in [0.2, 0.25) is 0 Å². The second kappa shape index (κ2) is 4.30. The van der Waals surface area contributed by atoms with Crippen molar-refractivity contribution in [2.24, 2.45) is 4.99 Å². The quantitative estimate of drug-likeness (QED) is 0.559. The molecule has 16 heavy (non-hydrogen) atoms. The van der Waals surface area contributed by atoms with E-state index in [-0.39, 0.29) is 0 Å². The van der Waals surface area contributed by atoms with Gasteiger partial charge in [-0.3, -0.25) is 0 Å². The molecule has 1 aromatic rings. The Labute approximate surface area is 94.4 Å². The fourth-order valence-electron chi connectivity index (χ4n) is 2.39. The Kier molecular flexibility index (Phi) is 2.85. The Balaban J connectivity index is 2.47. The molecule has 0 heterocycles. The van der Waals surface area contributed by atoms with Gasteiger partial charge in [0.2, 0.25) is 6.08 Å². The summed E-state index contributed by atoms with van der Waals surface area (Å²) < 4.78 is 0. The highest BCUT2D eigenvalue weighted by molar-refractivity contribution is 5.41. The van der Waals surface area contributed by atoms with E-state index in [1.54, 1.807) is 12.1 Å². The lowest BCUT2D eigenvalue weighted by Crippen LogP contribution is -2.18. The van der Waals surface area contributed by atoms with E-state index in [2.05, 4.69) is 11.1 Å². The molecule has 1 saturated carbocycles. The number of hydrogen-bond donors (Lipinski definition) is 0. The summed E-state index contributed by atoms with van der Waals surface area (Å²) in [7, 11) is 0. The Morgan fingerprint density at radius 3 is 2.69 bits per heavy atom. The molecule has 3 nitrogen and oxygen atoms in total. The number of nitriles is 1. The van der Waals surface area contributed by atoms with E-state index in [1.165, 1.54) is 0 Å². The Hall–Kier alpha value is -1.91. The molecule has 0 aliphatic heterocycles. The predicted molar refractivity (Wildman–Crippen MR) is 59.4 cm³/mol. The molecule has 0 bridgehead atoms. The number of aliphatic imine (C=N–C) groups is 1. The second-order valence-corrected chi connectivity index (χ2v) is 4.13. The van der Waals surface area contributed by atoms with Crippen LogP contribution in [0.1, 0.15) is 36.8 Å². The summed E-state index contributed by atoms with van der Waals surface area (Å²) in [6.07, 6.45) is 5.57. The summed E-state index contributed by atoms with van der Waals surface area (Å²) in [5.41, 5.74) is 1.16. The molecule has 3 heteroatoms. The standard InChI is InChI=1S/C13H12N2O/c14-9-11-4-3-5-12(8-11)13(15-10-16)6-1-2-7-13/h3-5,8H,1-2,6-7H2. The van der Waals surface area contributed by atoms with E-state index < -0.39 is 5.54 Å². The van der Waals surface area contributed by atoms with Crippen LogP contribution in [0.15, 0.2) is 29.3 Å². The molecule has 0 unspecified atom stereocenters. The van der Waals surface area contributed by atoms with Crippen molar-refractivity contribution in [3.63, 3.8) is 0 Å². The molecule has 80 valence electrons. The minimum Gasteiger partial charge on any atom is -0.211 e. The highest BCUT2D eigenvalue weighted by atomic mass is 16.1. The molecule has 0 spiro atoms. The third-order valence-corrected chi connectivity index (χ3v) is 3.22. The lowest BCUT2D eigenvalue weighted by atomic mass is 9.88. The van der Waals surface area contributed by atoms with Crippen molar-refractivity contribution >= 4 is 6.08 Å². The number of rotatable bonds is 2. The monoisotopic (exact) mass is 212 g/mol. The van der Waals surface area contributed by atoms with E-state index >= 15 is 0 Å². The molecule has 1 aliphatic carbocycles. The van der Waals surface area contributed by atoms with Crippen molar-refractivity contribution in [3.05, 3.63) is 35.4 Å². The fraction of sp³-hybridized carbons (Fsp3) is 0.385. The van der Waals surface area contributed by atoms with Crippen molar-refractivity contribution < 1.29 is 4.79 Å². The first kappa shape index (κ1) is 10.6. The maximum Gasteiger partial charge on any atom is 0.235 e. The van der Waals surface area contributed by atoms with Crippen molar-refractivity contribution in [3.8, 4) is 6.07 Å². The molecule has 1 fully saturated rings. The predicted octanol–water partition coefficient (Wildman–Crippen LogP) is 2.66. The minimum atomic E-state index is -0.422. The van der Waals surface area contributed by atoms with Gasteiger partial charge in [-0.1, -0.05) is 25.0 Å². The zero-order valence-corrected chi connectivity index (χ0v) is 8.94. The number of isocyanates is 1. The third-order valence-electron chi connectivity index (χ3n) is 3.22. The molecule has 0 radical (unpaired) electrons. The second-order valence-electron chi connectivity index (χ2n) is 4.13. The van der Waals surface area contributed by atoms with Gasteiger partial charge in [-0.2, -0.15) is 10.3 Å². The highest BCUT2D eigenvalue weighted by Crippen LogP contribution is 2.42. The van der Waals surface area contributed by atoms with Crippen LogP contribution in [0.4, 0.5) is 0 Å². The van der Waals surface area contributed by atoms with Crippen molar-refractivity contribution in [2.45, 2.75) is 31.2 Å². The summed E-state index contributed by atoms with van der Waals surface area (Å²) in [5, 5.41) is 8.86. The van der Waals surface area contributed by atoms with E-state index in [0.717, 1.165) is 31.2 Å². The lowest BCUT2D eigenvalue weighted by molar-refractivity contribution is 0.456. The van der Waals surface area contributed by atoms with Crippen molar-refractivity contribution in [2.75, 3.05) is 0 Å². The normalized spacial score (nSPS) is 17.4. The maximum absolute atomic E-state index is 10.5. The first-order valence-electron chi connectivity index (χ1n) is 5.40. The summed E-state index contributed by atoms with van der Waals surface area (Å²) >= 11 is 0. The van der Waals surface area contributed by atoms with Crippen LogP contribution in [-0.2, 0) is 10.3 Å². The Bertz CT molecular complexity index is 475. The lowest BCUT2D eigenvalue weighted by Gasteiger charge is -2.22. The van der Waals surface area contributed by atoms with E-state index in [4.69, 9.17) is 5.26 Å². The topological polar surface area (TPSA) is 53.2 Å². The molecule has 0 N–H and O–H groups in total. The average Bonchev–Trinajstić information content (AvgIpc) is 2.80. The van der Waals surface area contributed by atoms with Crippen LogP contribution in [0.3, 0.4) is 0 Å². The summed E-state index contributed by atoms with van der Waals surface area (Å²) in [5.74, 6) is 0. The van der Waals surface area contributed by atoms with Gasteiger partial charge in [-0.15, -0.1) is 0 Å². The van der Waals surface area contributed by atoms with Gasteiger partial charge in [0.05, 0.1) is 17.2 Å². The summed E-state index contributed by atoms with van der Waals surface area (Å²) in [6.45, 7) is 0. The van der Waals surface area contributed by atoms with E-state index in [0.29, 0.717) is 5.56 Å². The summed E-state index contributed by atoms with van der Waals surface area (Å²) in [6, 6.07) is 9.48. The van der Waals surface area contributed by atoms with Gasteiger partial charge in [-0.25, -0.2) is 4.79 Å². The molecule has 0 saturated heterocycles. The average molecular weight is 212 g/mol. The molecule has 0 atom stereocenters. The highest BCUT2D eigenvalue weighted by Gasteiger charge is 2.35. The van der Waals surface area contributed by atoms with Crippen LogP contribution in [0.25, 0.3) is 0 Å². The van der Waals surface area contributed by atoms with Crippen LogP contribution in [0, 0.1) is 11.3 Å². The number of nitrogens with zero attached hydrogens (tertiary/aromatic N) is 2. The van der Waals surface area contributed by atoms with E-state index in [9.17, 15) is 4.79 Å². The maximum atomic E-state index is 10.5. The Morgan fingerprint density at radius 1 is 1.31 bits per heavy atom. The number of hydrogen-bond acceptors (Lipinski definition) is 3. The van der Waals surface area contributed by atoms with Gasteiger partial charge in [0, 0.05) is 0 Å². The van der Waals surface area contributed by atoms with Crippen molar-refractivity contribution in [1.29, 1.82) is 5.26 Å². The first-order valence-corrected chi connectivity index (χ1v) is 5.40. The van der Waals surface area contributed by atoms with E-state index in [1.807, 2.05) is 18.2 Å². The summed E-state index contributed by atoms with van der Waals surface area (Å²) in [4.78, 5) is 14.5. The molecular formula is C13H12N2O. The molecule has 0 aromatic heterocycles. The zero-order valence-electron chi connectivity index (χ0n) is 8.94. The third kappa shape index (κ3) is 1.76. The Morgan fingerprint density at radius 2 is 2.06 bits per heavy atom. The van der Waals surface area contributed by atoms with Crippen LogP contribution >= 0.6 is 0 Å². The van der Waals surface area contributed by atoms with Crippen molar-refractivity contribution in [1.82, 2.24) is 0 Å². The van der Waals surface area contributed by atoms with Crippen LogP contribution < -0.4 is 0 Å². The smallest absolute Gasteiger partial charge is 0.211 e. The van der Waals surface area contributed by atoms with Crippen LogP contribution in [0.5, 0.6) is 0 Å². The van der Waals surface area contributed by atoms with Crippen LogP contribution in [-0.4, -0.2) is 6.08 Å². The van der Waals surface area contributed by atoms with Gasteiger partial charge >= 0.3 is 0 Å². The number of carbonyl (C=O) groups excluding carboxylic acids is 1. The van der Waals surface area contributed by atoms with Gasteiger partial charge < -0.3 is 0 Å². The van der Waals surface area contributed by atoms with Gasteiger partial charge in [0.25, 0.3) is 0 Å². The molecule has 1 aromatic carbocycles. The minimum absolute atomic E-state index is 0.422. The van der Waals surface area contributed by atoms with Gasteiger partial charge in [-0.05, 0) is 30.5 Å². The SMILES string of the molecule is N#Cc1cccc(C2(N=C=O)CCCC2)c1. The molecule has 2 rings (SSSR count). The van der Waals surface area contributed by atoms with Gasteiger partial charge in [0.15, 0.2) is 0 Å². The molecular weight excluding hydrogens is 200 g/mol. The zero-order chi connectivity index (χ0) is 11.4. The molecule has 0 amide bonds. The largest absolute Gasteiger partial charge is 0.235 e. The van der Waals surface area contributed by atoms with Gasteiger partial charge in [0.1, 0.15) is 0 Å². The first-order chi connectivity index (χ1) is 7.80. The fourth-order valence-corrected chi connectivity index (χ4v) is 2.39.